The third kappa shape index (κ3) is 1.92. The van der Waals surface area contributed by atoms with E-state index in [9.17, 15) is 0 Å². The van der Waals surface area contributed by atoms with Crippen molar-refractivity contribution in [3.63, 3.8) is 0 Å². The van der Waals surface area contributed by atoms with Crippen LogP contribution in [0.4, 0.5) is 0 Å². The lowest BCUT2D eigenvalue weighted by Crippen LogP contribution is -2.33. The van der Waals surface area contributed by atoms with Crippen molar-refractivity contribution in [3.05, 3.63) is 0 Å². The van der Waals surface area contributed by atoms with Crippen LogP contribution < -0.4 is 0 Å². The third-order valence-electron chi connectivity index (χ3n) is 4.72. The molecule has 0 bridgehead atoms. The number of hydrogen-bond acceptors (Lipinski definition) is 0. The van der Waals surface area contributed by atoms with E-state index in [0.717, 1.165) is 29.6 Å². The molecule has 0 radical (unpaired) electrons. The molecule has 0 N–H and O–H groups in total. The van der Waals surface area contributed by atoms with Crippen molar-refractivity contribution < 1.29 is 0 Å². The quantitative estimate of drug-likeness (QED) is 0.526. The Bertz CT molecular complexity index is 173. The van der Waals surface area contributed by atoms with Crippen LogP contribution in [0.2, 0.25) is 0 Å². The maximum atomic E-state index is 2.46. The fraction of sp³-hybridized carbons (Fsp3) is 1.00. The molecule has 0 aromatic carbocycles. The van der Waals surface area contributed by atoms with E-state index in [1.54, 1.807) is 0 Å². The molecule has 2 rings (SSSR count). The molecule has 0 nitrogen and oxygen atoms in total. The number of rotatable bonds is 0. The lowest BCUT2D eigenvalue weighted by molar-refractivity contribution is 0.0736. The summed E-state index contributed by atoms with van der Waals surface area (Å²) < 4.78 is 0. The van der Waals surface area contributed by atoms with E-state index >= 15 is 0 Å². The standard InChI is InChI=1S/C13H24/c1-9-4-5-12-7-10(2)11(3)8-13(12)6-9/h9-13H,4-8H2,1-3H3. The third-order valence-corrected chi connectivity index (χ3v) is 4.72. The summed E-state index contributed by atoms with van der Waals surface area (Å²) >= 11 is 0. The Labute approximate surface area is 83.1 Å². The molecule has 76 valence electrons. The highest BCUT2D eigenvalue weighted by Crippen LogP contribution is 2.46. The Morgan fingerprint density at radius 1 is 0.692 bits per heavy atom. The van der Waals surface area contributed by atoms with Gasteiger partial charge in [0.25, 0.3) is 0 Å². The summed E-state index contributed by atoms with van der Waals surface area (Å²) in [7, 11) is 0. The molecule has 0 aromatic rings. The van der Waals surface area contributed by atoms with Crippen LogP contribution in [0.3, 0.4) is 0 Å². The Morgan fingerprint density at radius 3 is 2.00 bits per heavy atom. The molecule has 0 amide bonds. The minimum Gasteiger partial charge on any atom is -0.0625 e. The second kappa shape index (κ2) is 3.63. The Balaban J connectivity index is 1.98. The molecule has 0 spiro atoms. The van der Waals surface area contributed by atoms with Gasteiger partial charge in [-0.2, -0.15) is 0 Å². The number of fused-ring (bicyclic) bond motifs is 1. The van der Waals surface area contributed by atoms with Gasteiger partial charge in [0.1, 0.15) is 0 Å². The highest BCUT2D eigenvalue weighted by atomic mass is 14.4. The summed E-state index contributed by atoms with van der Waals surface area (Å²) in [5.41, 5.74) is 0. The highest BCUT2D eigenvalue weighted by molar-refractivity contribution is 4.86. The molecule has 0 heterocycles. The molecule has 0 heteroatoms. The summed E-state index contributed by atoms with van der Waals surface area (Å²) in [6, 6.07) is 0. The zero-order chi connectivity index (χ0) is 9.42. The lowest BCUT2D eigenvalue weighted by Gasteiger charge is -2.43. The van der Waals surface area contributed by atoms with Crippen LogP contribution in [0.15, 0.2) is 0 Å². The van der Waals surface area contributed by atoms with Gasteiger partial charge in [0.05, 0.1) is 0 Å². The molecule has 5 atom stereocenters. The molecule has 0 aliphatic heterocycles. The first-order chi connectivity index (χ1) is 6.16. The van der Waals surface area contributed by atoms with E-state index in [1.807, 2.05) is 0 Å². The van der Waals surface area contributed by atoms with Gasteiger partial charge < -0.3 is 0 Å². The largest absolute Gasteiger partial charge is 0.0625 e. The molecular formula is C13H24. The van der Waals surface area contributed by atoms with Crippen LogP contribution in [-0.4, -0.2) is 0 Å². The van der Waals surface area contributed by atoms with Gasteiger partial charge in [0, 0.05) is 0 Å². The van der Waals surface area contributed by atoms with Crippen molar-refractivity contribution >= 4 is 0 Å². The van der Waals surface area contributed by atoms with Gasteiger partial charge in [-0.15, -0.1) is 0 Å². The van der Waals surface area contributed by atoms with Gasteiger partial charge in [-0.05, 0) is 55.3 Å². The second-order valence-electron chi connectivity index (χ2n) is 5.86. The Hall–Kier alpha value is 0. The zero-order valence-corrected chi connectivity index (χ0v) is 9.42. The van der Waals surface area contributed by atoms with Crippen molar-refractivity contribution in [2.24, 2.45) is 29.6 Å². The fourth-order valence-corrected chi connectivity index (χ4v) is 3.58. The molecular weight excluding hydrogens is 156 g/mol. The van der Waals surface area contributed by atoms with E-state index < -0.39 is 0 Å². The average Bonchev–Trinajstić information content (AvgIpc) is 2.08. The average molecular weight is 180 g/mol. The van der Waals surface area contributed by atoms with Crippen LogP contribution in [0.1, 0.15) is 52.9 Å². The van der Waals surface area contributed by atoms with Crippen LogP contribution >= 0.6 is 0 Å². The van der Waals surface area contributed by atoms with E-state index in [2.05, 4.69) is 20.8 Å². The van der Waals surface area contributed by atoms with E-state index in [4.69, 9.17) is 0 Å². The van der Waals surface area contributed by atoms with Crippen LogP contribution in [0, 0.1) is 29.6 Å². The first kappa shape index (κ1) is 9.55. The van der Waals surface area contributed by atoms with E-state index in [1.165, 1.54) is 32.1 Å². The van der Waals surface area contributed by atoms with Gasteiger partial charge in [-0.1, -0.05) is 27.2 Å². The Morgan fingerprint density at radius 2 is 1.31 bits per heavy atom. The van der Waals surface area contributed by atoms with Crippen molar-refractivity contribution in [3.8, 4) is 0 Å². The normalized spacial score (nSPS) is 51.5. The molecule has 2 aliphatic carbocycles. The second-order valence-corrected chi connectivity index (χ2v) is 5.86. The van der Waals surface area contributed by atoms with Gasteiger partial charge in [0.15, 0.2) is 0 Å². The monoisotopic (exact) mass is 180 g/mol. The van der Waals surface area contributed by atoms with Gasteiger partial charge in [-0.3, -0.25) is 0 Å². The number of hydrogen-bond donors (Lipinski definition) is 0. The molecule has 2 aliphatic rings. The Kier molecular flexibility index (Phi) is 2.67. The summed E-state index contributed by atoms with van der Waals surface area (Å²) in [6.07, 6.45) is 7.61. The van der Waals surface area contributed by atoms with Crippen LogP contribution in [-0.2, 0) is 0 Å². The van der Waals surface area contributed by atoms with Gasteiger partial charge in [0.2, 0.25) is 0 Å². The predicted octanol–water partition coefficient (Wildman–Crippen LogP) is 4.10. The van der Waals surface area contributed by atoms with Crippen molar-refractivity contribution in [1.82, 2.24) is 0 Å². The van der Waals surface area contributed by atoms with E-state index in [0.29, 0.717) is 0 Å². The summed E-state index contributed by atoms with van der Waals surface area (Å²) in [6.45, 7) is 7.36. The summed E-state index contributed by atoms with van der Waals surface area (Å²) in [5, 5.41) is 0. The molecule has 5 unspecified atom stereocenters. The van der Waals surface area contributed by atoms with Crippen LogP contribution in [0.25, 0.3) is 0 Å². The summed E-state index contributed by atoms with van der Waals surface area (Å²) in [4.78, 5) is 0. The molecule has 0 saturated heterocycles. The van der Waals surface area contributed by atoms with Crippen molar-refractivity contribution in [2.75, 3.05) is 0 Å². The zero-order valence-electron chi connectivity index (χ0n) is 9.42. The SMILES string of the molecule is CC1CCC2CC(C)C(C)CC2C1. The topological polar surface area (TPSA) is 0 Å². The minimum atomic E-state index is 0.992. The van der Waals surface area contributed by atoms with Gasteiger partial charge in [-0.25, -0.2) is 0 Å². The maximum Gasteiger partial charge on any atom is -0.0381 e. The van der Waals surface area contributed by atoms with Gasteiger partial charge >= 0.3 is 0 Å². The van der Waals surface area contributed by atoms with Crippen molar-refractivity contribution in [1.29, 1.82) is 0 Å². The minimum absolute atomic E-state index is 0.992. The van der Waals surface area contributed by atoms with E-state index in [-0.39, 0.29) is 0 Å². The first-order valence-electron chi connectivity index (χ1n) is 6.16. The molecule has 2 saturated carbocycles. The maximum absolute atomic E-state index is 2.46. The fourth-order valence-electron chi connectivity index (χ4n) is 3.58. The van der Waals surface area contributed by atoms with Crippen molar-refractivity contribution in [2.45, 2.75) is 52.9 Å². The summed E-state index contributed by atoms with van der Waals surface area (Å²) in [5.74, 6) is 5.19. The predicted molar refractivity (Wildman–Crippen MR) is 57.6 cm³/mol. The lowest BCUT2D eigenvalue weighted by atomic mass is 9.62. The molecule has 0 aromatic heterocycles. The smallest absolute Gasteiger partial charge is 0.0381 e. The first-order valence-corrected chi connectivity index (χ1v) is 6.16. The van der Waals surface area contributed by atoms with Crippen LogP contribution in [0.5, 0.6) is 0 Å². The highest BCUT2D eigenvalue weighted by Gasteiger charge is 2.35. The molecule has 13 heavy (non-hydrogen) atoms. The molecule has 2 fully saturated rings.